The Labute approximate surface area is 179 Å². The molecule has 30 heavy (non-hydrogen) atoms. The van der Waals surface area contributed by atoms with Gasteiger partial charge >= 0.3 is 0 Å². The van der Waals surface area contributed by atoms with Gasteiger partial charge in [-0.3, -0.25) is 4.99 Å². The highest BCUT2D eigenvalue weighted by molar-refractivity contribution is 5.79. The minimum absolute atomic E-state index is 0.0377. The molecule has 0 aliphatic carbocycles. The average molecular weight is 416 g/mol. The molecule has 7 heteroatoms. The quantitative estimate of drug-likeness (QED) is 0.334. The number of hydrogen-bond donors (Lipinski definition) is 2. The number of aliphatic imine (C=N–C) groups is 1. The fourth-order valence-electron chi connectivity index (χ4n) is 2.75. The van der Waals surface area contributed by atoms with Crippen molar-refractivity contribution in [3.05, 3.63) is 53.6 Å². The van der Waals surface area contributed by atoms with Gasteiger partial charge in [-0.1, -0.05) is 12.1 Å². The zero-order valence-corrected chi connectivity index (χ0v) is 18.5. The van der Waals surface area contributed by atoms with Gasteiger partial charge < -0.3 is 29.6 Å². The first-order chi connectivity index (χ1) is 14.5. The molecule has 0 saturated heterocycles. The van der Waals surface area contributed by atoms with E-state index in [1.165, 1.54) is 0 Å². The minimum Gasteiger partial charge on any atom is -0.497 e. The molecule has 0 saturated carbocycles. The summed E-state index contributed by atoms with van der Waals surface area (Å²) >= 11 is 0. The second-order valence-electron chi connectivity index (χ2n) is 6.86. The second kappa shape index (κ2) is 12.6. The summed E-state index contributed by atoms with van der Waals surface area (Å²) in [6.07, 6.45) is -0.0377. The molecule has 0 heterocycles. The summed E-state index contributed by atoms with van der Waals surface area (Å²) < 4.78 is 22.0. The Hall–Kier alpha value is -2.93. The Morgan fingerprint density at radius 1 is 1.00 bits per heavy atom. The second-order valence-corrected chi connectivity index (χ2v) is 6.86. The SMILES string of the molecule is CN=C(NCc1ccc(C)cc1OCCOC)NCC(C)Oc1ccc(OC)cc1. The van der Waals surface area contributed by atoms with E-state index in [0.29, 0.717) is 32.3 Å². The topological polar surface area (TPSA) is 73.3 Å². The lowest BCUT2D eigenvalue weighted by molar-refractivity contribution is 0.145. The van der Waals surface area contributed by atoms with Crippen molar-refractivity contribution in [3.63, 3.8) is 0 Å². The van der Waals surface area contributed by atoms with Crippen LogP contribution >= 0.6 is 0 Å². The summed E-state index contributed by atoms with van der Waals surface area (Å²) in [5, 5.41) is 6.62. The third-order valence-electron chi connectivity index (χ3n) is 4.39. The summed E-state index contributed by atoms with van der Waals surface area (Å²) in [5.41, 5.74) is 2.21. The molecule has 0 amide bonds. The number of ether oxygens (including phenoxy) is 4. The van der Waals surface area contributed by atoms with Gasteiger partial charge in [0, 0.05) is 26.3 Å². The maximum atomic E-state index is 5.93. The van der Waals surface area contributed by atoms with Crippen molar-refractivity contribution >= 4 is 5.96 Å². The Morgan fingerprint density at radius 2 is 1.73 bits per heavy atom. The lowest BCUT2D eigenvalue weighted by atomic mass is 10.1. The number of guanidine groups is 1. The number of benzene rings is 2. The number of methoxy groups -OCH3 is 2. The smallest absolute Gasteiger partial charge is 0.191 e. The highest BCUT2D eigenvalue weighted by atomic mass is 16.5. The average Bonchev–Trinajstić information content (AvgIpc) is 2.75. The van der Waals surface area contributed by atoms with Crippen molar-refractivity contribution in [1.82, 2.24) is 10.6 Å². The molecule has 2 rings (SSSR count). The Balaban J connectivity index is 1.84. The van der Waals surface area contributed by atoms with Gasteiger partial charge in [-0.15, -0.1) is 0 Å². The molecule has 2 aromatic carbocycles. The normalized spacial score (nSPS) is 12.2. The van der Waals surface area contributed by atoms with Crippen LogP contribution in [0.25, 0.3) is 0 Å². The van der Waals surface area contributed by atoms with Crippen molar-refractivity contribution in [1.29, 1.82) is 0 Å². The number of hydrogen-bond acceptors (Lipinski definition) is 5. The van der Waals surface area contributed by atoms with E-state index in [-0.39, 0.29) is 6.10 Å². The van der Waals surface area contributed by atoms with Crippen molar-refractivity contribution in [2.24, 2.45) is 4.99 Å². The standard InChI is InChI=1S/C23H33N3O4/c1-17-6-7-19(22(14-17)29-13-12-27-4)16-26-23(24-3)25-15-18(2)30-21-10-8-20(28-5)9-11-21/h6-11,14,18H,12-13,15-16H2,1-5H3,(H2,24,25,26). The van der Waals surface area contributed by atoms with Gasteiger partial charge in [-0.05, 0) is 49.7 Å². The van der Waals surface area contributed by atoms with Crippen LogP contribution in [0, 0.1) is 6.92 Å². The third kappa shape index (κ3) is 7.83. The molecule has 2 aromatic rings. The third-order valence-corrected chi connectivity index (χ3v) is 4.39. The Bertz CT molecular complexity index is 794. The lowest BCUT2D eigenvalue weighted by Gasteiger charge is -2.19. The molecule has 7 nitrogen and oxygen atoms in total. The first kappa shape index (κ1) is 23.3. The molecule has 0 aliphatic heterocycles. The van der Waals surface area contributed by atoms with Crippen molar-refractivity contribution in [2.45, 2.75) is 26.5 Å². The molecule has 0 spiro atoms. The van der Waals surface area contributed by atoms with Gasteiger partial charge in [0.25, 0.3) is 0 Å². The number of aryl methyl sites for hydroxylation is 1. The largest absolute Gasteiger partial charge is 0.497 e. The number of rotatable bonds is 11. The van der Waals surface area contributed by atoms with E-state index in [1.54, 1.807) is 21.3 Å². The fraction of sp³-hybridized carbons (Fsp3) is 0.435. The molecule has 0 aromatic heterocycles. The van der Waals surface area contributed by atoms with Gasteiger partial charge in [0.05, 0.1) is 20.3 Å². The number of nitrogens with one attached hydrogen (secondary N) is 2. The molecular formula is C23H33N3O4. The van der Waals surface area contributed by atoms with E-state index in [0.717, 1.165) is 28.4 Å². The summed E-state index contributed by atoms with van der Waals surface area (Å²) in [7, 11) is 5.05. The molecular weight excluding hydrogens is 382 g/mol. The first-order valence-corrected chi connectivity index (χ1v) is 10.0. The summed E-state index contributed by atoms with van der Waals surface area (Å²) in [4.78, 5) is 4.29. The van der Waals surface area contributed by atoms with Crippen molar-refractivity contribution in [3.8, 4) is 17.2 Å². The van der Waals surface area contributed by atoms with Crippen LogP contribution in [0.15, 0.2) is 47.5 Å². The molecule has 0 bridgehead atoms. The summed E-state index contributed by atoms with van der Waals surface area (Å²) in [5.74, 6) is 3.15. The number of nitrogens with zero attached hydrogens (tertiary/aromatic N) is 1. The molecule has 0 fully saturated rings. The van der Waals surface area contributed by atoms with E-state index in [1.807, 2.05) is 44.2 Å². The maximum absolute atomic E-state index is 5.93. The predicted molar refractivity (Wildman–Crippen MR) is 120 cm³/mol. The van der Waals surface area contributed by atoms with E-state index >= 15 is 0 Å². The minimum atomic E-state index is -0.0377. The Kier molecular flexibility index (Phi) is 9.80. The van der Waals surface area contributed by atoms with Crippen molar-refractivity contribution in [2.75, 3.05) is 41.0 Å². The summed E-state index contributed by atoms with van der Waals surface area (Å²) in [6, 6.07) is 13.7. The van der Waals surface area contributed by atoms with E-state index in [4.69, 9.17) is 18.9 Å². The van der Waals surface area contributed by atoms with Crippen LogP contribution in [0.4, 0.5) is 0 Å². The highest BCUT2D eigenvalue weighted by Crippen LogP contribution is 2.20. The van der Waals surface area contributed by atoms with E-state index in [2.05, 4.69) is 27.8 Å². The molecule has 1 unspecified atom stereocenters. The van der Waals surface area contributed by atoms with Crippen LogP contribution in [0.2, 0.25) is 0 Å². The van der Waals surface area contributed by atoms with Gasteiger partial charge in [0.2, 0.25) is 0 Å². The van der Waals surface area contributed by atoms with Crippen LogP contribution in [0.1, 0.15) is 18.1 Å². The van der Waals surface area contributed by atoms with Crippen molar-refractivity contribution < 1.29 is 18.9 Å². The van der Waals surface area contributed by atoms with Gasteiger partial charge in [-0.25, -0.2) is 0 Å². The van der Waals surface area contributed by atoms with Gasteiger partial charge in [-0.2, -0.15) is 0 Å². The Morgan fingerprint density at radius 3 is 2.40 bits per heavy atom. The van der Waals surface area contributed by atoms with E-state index in [9.17, 15) is 0 Å². The molecule has 0 aliphatic rings. The van der Waals surface area contributed by atoms with Crippen LogP contribution < -0.4 is 24.8 Å². The first-order valence-electron chi connectivity index (χ1n) is 10.0. The predicted octanol–water partition coefficient (Wildman–Crippen LogP) is 3.16. The molecule has 0 radical (unpaired) electrons. The maximum Gasteiger partial charge on any atom is 0.191 e. The van der Waals surface area contributed by atoms with Gasteiger partial charge in [0.15, 0.2) is 5.96 Å². The van der Waals surface area contributed by atoms with Crippen LogP contribution in [-0.4, -0.2) is 53.1 Å². The fourth-order valence-corrected chi connectivity index (χ4v) is 2.75. The molecule has 1 atom stereocenters. The molecule has 2 N–H and O–H groups in total. The summed E-state index contributed by atoms with van der Waals surface area (Å²) in [6.45, 7) is 6.32. The van der Waals surface area contributed by atoms with Crippen LogP contribution in [0.5, 0.6) is 17.2 Å². The monoisotopic (exact) mass is 415 g/mol. The van der Waals surface area contributed by atoms with Crippen LogP contribution in [0.3, 0.4) is 0 Å². The zero-order chi connectivity index (χ0) is 21.8. The zero-order valence-electron chi connectivity index (χ0n) is 18.5. The van der Waals surface area contributed by atoms with Crippen LogP contribution in [-0.2, 0) is 11.3 Å². The highest BCUT2D eigenvalue weighted by Gasteiger charge is 2.08. The van der Waals surface area contributed by atoms with E-state index < -0.39 is 0 Å². The lowest BCUT2D eigenvalue weighted by Crippen LogP contribution is -2.41. The van der Waals surface area contributed by atoms with Gasteiger partial charge in [0.1, 0.15) is 30.0 Å². The molecule has 164 valence electrons.